The van der Waals surface area contributed by atoms with Gasteiger partial charge in [0.05, 0.1) is 25.2 Å². The summed E-state index contributed by atoms with van der Waals surface area (Å²) in [5.74, 6) is -5.82. The maximum atomic E-state index is 13.4. The Morgan fingerprint density at radius 1 is 0.925 bits per heavy atom. The Morgan fingerprint density at radius 3 is 2.21 bits per heavy atom. The predicted octanol–water partition coefficient (Wildman–Crippen LogP) is -3.20. The summed E-state index contributed by atoms with van der Waals surface area (Å²) in [6.07, 6.45) is 0.165. The second-order valence-corrected chi connectivity index (χ2v) is 13.0. The second kappa shape index (κ2) is 21.9. The zero-order valence-electron chi connectivity index (χ0n) is 30.4. The fraction of sp³-hybridized carbons (Fsp3) is 0.588. The van der Waals surface area contributed by atoms with E-state index in [1.54, 1.807) is 30.3 Å². The minimum atomic E-state index is -1.60. The molecule has 0 saturated carbocycles. The van der Waals surface area contributed by atoms with E-state index >= 15 is 0 Å². The summed E-state index contributed by atoms with van der Waals surface area (Å²) in [4.78, 5) is 94.9. The maximum absolute atomic E-state index is 13.4. The third-order valence-corrected chi connectivity index (χ3v) is 8.83. The van der Waals surface area contributed by atoms with Crippen molar-refractivity contribution in [2.24, 2.45) is 28.1 Å². The lowest BCUT2D eigenvalue weighted by molar-refractivity contribution is -0.143. The molecule has 6 amide bonds. The number of nitrogens with one attached hydrogen (secondary N) is 5. The lowest BCUT2D eigenvalue weighted by atomic mass is 9.99. The number of aliphatic imine (C=N–C) groups is 1. The monoisotopic (exact) mass is 746 g/mol. The number of aliphatic hydroxyl groups is 1. The highest BCUT2D eigenvalue weighted by molar-refractivity contribution is 5.96. The van der Waals surface area contributed by atoms with Crippen molar-refractivity contribution in [3.63, 3.8) is 0 Å². The van der Waals surface area contributed by atoms with Crippen molar-refractivity contribution >= 4 is 47.4 Å². The number of hydrogen-bond acceptors (Lipinski definition) is 10. The number of rotatable bonds is 21. The molecular formula is C34H54N10O9. The van der Waals surface area contributed by atoms with Crippen molar-refractivity contribution in [1.29, 1.82) is 0 Å². The molecule has 1 fully saturated rings. The first-order valence-corrected chi connectivity index (χ1v) is 17.6. The molecule has 0 radical (unpaired) electrons. The average molecular weight is 747 g/mol. The van der Waals surface area contributed by atoms with E-state index in [0.29, 0.717) is 24.8 Å². The van der Waals surface area contributed by atoms with Crippen LogP contribution in [0, 0.1) is 5.92 Å². The summed E-state index contributed by atoms with van der Waals surface area (Å²) < 4.78 is 0. The van der Waals surface area contributed by atoms with Gasteiger partial charge >= 0.3 is 5.97 Å². The van der Waals surface area contributed by atoms with Crippen LogP contribution >= 0.6 is 0 Å². The standard InChI is InChI=1S/C34H54N10O9/c1-4-19(2)27(35)31(50)40-18-26(47)44-15-9-13-24(44)30(49)39-17-25(46)41-22(12-8-14-38-34(36)37)29(48)43-28(20(3)45)32(51)42-23(33(52)53)16-21-10-6-5-7-11-21/h5-7,10-11,19-20,22-24,27-28,45H,4,8-9,12-18,35H2,1-3H3,(H,39,49)(H,40,50)(H,41,46)(H,42,51)(H,43,48)(H,52,53)(H4,36,37,38)/t19-,20+,22-,23-,24-,27-,28-/m0/s1. The highest BCUT2D eigenvalue weighted by Crippen LogP contribution is 2.17. The molecule has 0 unspecified atom stereocenters. The van der Waals surface area contributed by atoms with Crippen molar-refractivity contribution in [3.8, 4) is 0 Å². The third kappa shape index (κ3) is 14.7. The van der Waals surface area contributed by atoms with Crippen LogP contribution in [0.4, 0.5) is 0 Å². The number of amides is 6. The van der Waals surface area contributed by atoms with Gasteiger partial charge < -0.3 is 58.9 Å². The first kappa shape index (κ1) is 43.9. The molecule has 1 aliphatic rings. The van der Waals surface area contributed by atoms with Crippen LogP contribution < -0.4 is 43.8 Å². The normalized spacial score (nSPS) is 17.2. The maximum Gasteiger partial charge on any atom is 0.326 e. The molecule has 1 aromatic rings. The number of carbonyl (C=O) groups is 7. The Kier molecular flexibility index (Phi) is 18.1. The van der Waals surface area contributed by atoms with E-state index in [2.05, 4.69) is 31.6 Å². The Labute approximate surface area is 308 Å². The van der Waals surface area contributed by atoms with Gasteiger partial charge in [0.15, 0.2) is 5.96 Å². The van der Waals surface area contributed by atoms with Gasteiger partial charge in [-0.15, -0.1) is 0 Å². The molecule has 1 aliphatic heterocycles. The van der Waals surface area contributed by atoms with Crippen molar-refractivity contribution in [3.05, 3.63) is 35.9 Å². The largest absolute Gasteiger partial charge is 0.480 e. The molecule has 0 bridgehead atoms. The minimum Gasteiger partial charge on any atom is -0.480 e. The molecular weight excluding hydrogens is 692 g/mol. The van der Waals surface area contributed by atoms with Crippen molar-refractivity contribution < 1.29 is 43.8 Å². The van der Waals surface area contributed by atoms with Gasteiger partial charge in [-0.3, -0.25) is 33.8 Å². The van der Waals surface area contributed by atoms with E-state index in [-0.39, 0.29) is 50.8 Å². The van der Waals surface area contributed by atoms with Crippen LogP contribution in [0.5, 0.6) is 0 Å². The van der Waals surface area contributed by atoms with Crippen LogP contribution in [-0.2, 0) is 40.0 Å². The zero-order chi connectivity index (χ0) is 39.7. The quantitative estimate of drug-likeness (QED) is 0.0338. The Bertz CT molecular complexity index is 1460. The van der Waals surface area contributed by atoms with Gasteiger partial charge in [-0.05, 0) is 44.1 Å². The SMILES string of the molecule is CC[C@H](C)[C@H](N)C(=O)NCC(=O)N1CCC[C@H]1C(=O)NCC(=O)N[C@@H](CCCN=C(N)N)C(=O)N[C@H](C(=O)N[C@@H](Cc1ccccc1)C(=O)O)[C@@H](C)O. The van der Waals surface area contributed by atoms with Crippen molar-refractivity contribution in [1.82, 2.24) is 31.5 Å². The van der Waals surface area contributed by atoms with Crippen LogP contribution in [0.2, 0.25) is 0 Å². The Hall–Kier alpha value is -5.30. The predicted molar refractivity (Wildman–Crippen MR) is 193 cm³/mol. The van der Waals surface area contributed by atoms with Gasteiger partial charge in [0.2, 0.25) is 35.4 Å². The first-order chi connectivity index (χ1) is 25.0. The number of aliphatic carboxylic acids is 1. The molecule has 53 heavy (non-hydrogen) atoms. The number of benzene rings is 1. The fourth-order valence-corrected chi connectivity index (χ4v) is 5.51. The van der Waals surface area contributed by atoms with Crippen molar-refractivity contribution in [2.75, 3.05) is 26.2 Å². The summed E-state index contributed by atoms with van der Waals surface area (Å²) >= 11 is 0. The number of likely N-dealkylation sites (tertiary alicyclic amines) is 1. The molecule has 0 spiro atoms. The van der Waals surface area contributed by atoms with Crippen LogP contribution in [-0.4, -0.2) is 125 Å². The van der Waals surface area contributed by atoms with Gasteiger partial charge in [-0.25, -0.2) is 4.79 Å². The Morgan fingerprint density at radius 2 is 1.60 bits per heavy atom. The molecule has 0 aliphatic carbocycles. The lowest BCUT2D eigenvalue weighted by Gasteiger charge is -2.26. The van der Waals surface area contributed by atoms with E-state index in [1.165, 1.54) is 11.8 Å². The van der Waals surface area contributed by atoms with Gasteiger partial charge in [0.1, 0.15) is 24.2 Å². The highest BCUT2D eigenvalue weighted by Gasteiger charge is 2.35. The molecule has 19 nitrogen and oxygen atoms in total. The molecule has 13 N–H and O–H groups in total. The van der Waals surface area contributed by atoms with Crippen LogP contribution in [0.1, 0.15) is 58.4 Å². The number of carboxylic acids is 1. The molecule has 19 heteroatoms. The summed E-state index contributed by atoms with van der Waals surface area (Å²) in [5, 5.41) is 32.3. The summed E-state index contributed by atoms with van der Waals surface area (Å²) in [7, 11) is 0. The number of guanidine groups is 1. The van der Waals surface area contributed by atoms with E-state index < -0.39 is 84.3 Å². The number of carbonyl (C=O) groups excluding carboxylic acids is 6. The summed E-state index contributed by atoms with van der Waals surface area (Å²) in [6, 6.07) is 2.60. The van der Waals surface area contributed by atoms with E-state index in [0.717, 1.165) is 0 Å². The number of hydrogen-bond donors (Lipinski definition) is 10. The summed E-state index contributed by atoms with van der Waals surface area (Å²) in [5.41, 5.74) is 17.3. The Balaban J connectivity index is 2.05. The van der Waals surface area contributed by atoms with Crippen LogP contribution in [0.25, 0.3) is 0 Å². The molecule has 294 valence electrons. The van der Waals surface area contributed by atoms with Gasteiger partial charge in [-0.2, -0.15) is 0 Å². The first-order valence-electron chi connectivity index (χ1n) is 17.6. The number of nitrogens with two attached hydrogens (primary N) is 3. The van der Waals surface area contributed by atoms with Crippen LogP contribution in [0.3, 0.4) is 0 Å². The van der Waals surface area contributed by atoms with E-state index in [1.807, 2.05) is 13.8 Å². The van der Waals surface area contributed by atoms with Gasteiger partial charge in [-0.1, -0.05) is 50.6 Å². The van der Waals surface area contributed by atoms with Gasteiger partial charge in [0, 0.05) is 19.5 Å². The molecule has 1 heterocycles. The molecule has 0 aromatic heterocycles. The molecule has 2 rings (SSSR count). The molecule has 7 atom stereocenters. The zero-order valence-corrected chi connectivity index (χ0v) is 30.4. The third-order valence-electron chi connectivity index (χ3n) is 8.83. The smallest absolute Gasteiger partial charge is 0.326 e. The minimum absolute atomic E-state index is 0.0283. The average Bonchev–Trinajstić information content (AvgIpc) is 3.62. The molecule has 1 aromatic carbocycles. The highest BCUT2D eigenvalue weighted by atomic mass is 16.4. The second-order valence-electron chi connectivity index (χ2n) is 13.0. The summed E-state index contributed by atoms with van der Waals surface area (Å²) in [6.45, 7) is 4.38. The number of carboxylic acid groups (broad SMARTS) is 1. The van der Waals surface area contributed by atoms with Crippen molar-refractivity contribution in [2.45, 2.75) is 95.6 Å². The lowest BCUT2D eigenvalue weighted by Crippen LogP contribution is -2.59. The van der Waals surface area contributed by atoms with E-state index in [4.69, 9.17) is 17.2 Å². The topological polar surface area (TPSA) is 314 Å². The number of nitrogens with zero attached hydrogens (tertiary/aromatic N) is 2. The fourth-order valence-electron chi connectivity index (χ4n) is 5.51. The van der Waals surface area contributed by atoms with Crippen LogP contribution in [0.15, 0.2) is 35.3 Å². The van der Waals surface area contributed by atoms with Gasteiger partial charge in [0.25, 0.3) is 0 Å². The molecule has 1 saturated heterocycles. The number of aliphatic hydroxyl groups excluding tert-OH is 1. The van der Waals surface area contributed by atoms with E-state index in [9.17, 15) is 43.8 Å².